The Morgan fingerprint density at radius 1 is 0.617 bits per heavy atom. The molecule has 0 radical (unpaired) electrons. The van der Waals surface area contributed by atoms with Gasteiger partial charge < -0.3 is 61.0 Å². The van der Waals surface area contributed by atoms with Crippen LogP contribution in [0.25, 0.3) is 22.3 Å². The molecular formula is C38H62N14O8+2. The van der Waals surface area contributed by atoms with Crippen molar-refractivity contribution in [2.24, 2.45) is 0 Å². The topological polar surface area (TPSA) is 297 Å². The molecule has 22 heteroatoms. The predicted molar refractivity (Wildman–Crippen MR) is 218 cm³/mol. The number of rotatable bonds is 21. The Morgan fingerprint density at radius 2 is 1.02 bits per heavy atom. The van der Waals surface area contributed by atoms with Crippen molar-refractivity contribution in [2.75, 3.05) is 78.9 Å². The molecule has 2 amide bonds. The van der Waals surface area contributed by atoms with Gasteiger partial charge in [0, 0.05) is 38.8 Å². The first-order valence-electron chi connectivity index (χ1n) is 20.6. The number of likely N-dealkylation sites (N-methyl/N-ethyl adjacent to an activating group) is 2. The molecule has 8 atom stereocenters. The molecule has 2 saturated heterocycles. The van der Waals surface area contributed by atoms with E-state index in [4.69, 9.17) is 20.9 Å². The summed E-state index contributed by atoms with van der Waals surface area (Å²) in [7, 11) is 8.00. The summed E-state index contributed by atoms with van der Waals surface area (Å²) in [4.78, 5) is 49.8. The highest BCUT2D eigenvalue weighted by Crippen LogP contribution is 2.34. The number of fused-ring (bicyclic) bond motifs is 2. The zero-order valence-corrected chi connectivity index (χ0v) is 34.9. The molecule has 330 valence electrons. The fraction of sp³-hybridized carbons (Fsp3) is 0.684. The van der Waals surface area contributed by atoms with Crippen LogP contribution in [0, 0.1) is 0 Å². The highest BCUT2D eigenvalue weighted by atomic mass is 16.6. The third-order valence-corrected chi connectivity index (χ3v) is 11.4. The Balaban J connectivity index is 0.784. The van der Waals surface area contributed by atoms with E-state index in [1.54, 1.807) is 9.13 Å². The molecule has 0 aromatic carbocycles. The van der Waals surface area contributed by atoms with E-state index in [0.717, 1.165) is 25.7 Å². The maximum Gasteiger partial charge on any atom is 0.220 e. The summed E-state index contributed by atoms with van der Waals surface area (Å²) >= 11 is 0. The lowest BCUT2D eigenvalue weighted by molar-refractivity contribution is -0.893. The Kier molecular flexibility index (Phi) is 14.5. The summed E-state index contributed by atoms with van der Waals surface area (Å²) in [5.74, 6) is 0.409. The second-order valence-corrected chi connectivity index (χ2v) is 17.3. The zero-order valence-electron chi connectivity index (χ0n) is 34.9. The first-order valence-corrected chi connectivity index (χ1v) is 20.6. The highest BCUT2D eigenvalue weighted by Gasteiger charge is 2.48. The largest absolute Gasteiger partial charge is 0.387 e. The van der Waals surface area contributed by atoms with Crippen LogP contribution in [0.15, 0.2) is 25.3 Å². The van der Waals surface area contributed by atoms with Gasteiger partial charge in [0.25, 0.3) is 0 Å². The number of carbonyl (C=O) groups is 2. The maximum atomic E-state index is 12.5. The number of hydrogen-bond acceptors (Lipinski definition) is 16. The number of carbonyl (C=O) groups excluding carboxylic acids is 2. The van der Waals surface area contributed by atoms with Crippen molar-refractivity contribution >= 4 is 45.8 Å². The van der Waals surface area contributed by atoms with Gasteiger partial charge in [0.15, 0.2) is 35.4 Å². The van der Waals surface area contributed by atoms with E-state index in [-0.39, 0.29) is 23.5 Å². The molecule has 6 rings (SSSR count). The van der Waals surface area contributed by atoms with Crippen LogP contribution >= 0.6 is 0 Å². The lowest BCUT2D eigenvalue weighted by Crippen LogP contribution is -2.49. The van der Waals surface area contributed by atoms with Crippen molar-refractivity contribution in [3.8, 4) is 0 Å². The number of unbranched alkanes of at least 4 members (excludes halogenated alkanes) is 3. The van der Waals surface area contributed by atoms with Crippen molar-refractivity contribution in [1.82, 2.24) is 49.7 Å². The second-order valence-electron chi connectivity index (χ2n) is 17.3. The number of anilines is 2. The SMILES string of the molecule is C[N+](C)(CCCC(=O)NCCCCCCNC(=O)CCC[N+](C)(C)C[C@H]1O[C@@H](n2cnc3c(N)ncnc32)[C@H](O)[C@@H]1O)C[C@H]1O[C@@H](n2cnc3c(N)ncnc32)[C@H](O)[C@@H]1O. The minimum absolute atomic E-state index is 0.0108. The quantitative estimate of drug-likeness (QED) is 0.0353. The van der Waals surface area contributed by atoms with Gasteiger partial charge in [0.05, 0.1) is 53.9 Å². The number of aromatic nitrogens is 8. The van der Waals surface area contributed by atoms with Gasteiger partial charge in [-0.3, -0.25) is 18.7 Å². The molecule has 0 aliphatic carbocycles. The number of nitrogens with zero attached hydrogens (tertiary/aromatic N) is 10. The van der Waals surface area contributed by atoms with Crippen LogP contribution < -0.4 is 22.1 Å². The summed E-state index contributed by atoms with van der Waals surface area (Å²) in [5.41, 5.74) is 13.4. The molecule has 2 fully saturated rings. The van der Waals surface area contributed by atoms with Crippen molar-refractivity contribution in [3.63, 3.8) is 0 Å². The van der Waals surface area contributed by atoms with Crippen molar-refractivity contribution in [2.45, 2.75) is 100 Å². The molecule has 0 spiro atoms. The number of nitrogens with one attached hydrogen (secondary N) is 2. The van der Waals surface area contributed by atoms with E-state index < -0.39 is 49.1 Å². The van der Waals surface area contributed by atoms with Crippen LogP contribution in [0.5, 0.6) is 0 Å². The monoisotopic (exact) mass is 842 g/mol. The smallest absolute Gasteiger partial charge is 0.220 e. The molecule has 0 bridgehead atoms. The Hall–Kier alpha value is -4.68. The number of hydrogen-bond donors (Lipinski definition) is 8. The second kappa shape index (κ2) is 19.4. The number of imidazole rings is 2. The maximum absolute atomic E-state index is 12.5. The van der Waals surface area contributed by atoms with Gasteiger partial charge in [-0.1, -0.05) is 12.8 Å². The van der Waals surface area contributed by atoms with E-state index in [0.29, 0.717) is 96.2 Å². The van der Waals surface area contributed by atoms with Crippen LogP contribution in [-0.4, -0.2) is 184 Å². The van der Waals surface area contributed by atoms with Crippen LogP contribution in [0.4, 0.5) is 11.6 Å². The van der Waals surface area contributed by atoms with E-state index in [1.165, 1.54) is 25.3 Å². The first-order chi connectivity index (χ1) is 28.5. The molecule has 0 unspecified atom stereocenters. The molecule has 10 N–H and O–H groups in total. The average molecular weight is 843 g/mol. The lowest BCUT2D eigenvalue weighted by atomic mass is 10.1. The number of nitrogens with two attached hydrogens (primary N) is 2. The summed E-state index contributed by atoms with van der Waals surface area (Å²) in [6.07, 6.45) is 3.49. The van der Waals surface area contributed by atoms with Gasteiger partial charge >= 0.3 is 0 Å². The van der Waals surface area contributed by atoms with E-state index in [9.17, 15) is 30.0 Å². The summed E-state index contributed by atoms with van der Waals surface area (Å²) in [6, 6.07) is 0. The number of quaternary nitrogens is 2. The van der Waals surface area contributed by atoms with Gasteiger partial charge in [-0.05, 0) is 12.8 Å². The van der Waals surface area contributed by atoms with E-state index >= 15 is 0 Å². The number of nitrogen functional groups attached to an aromatic ring is 2. The number of aliphatic hydroxyl groups excluding tert-OH is 4. The summed E-state index contributed by atoms with van der Waals surface area (Å²) in [6.45, 7) is 3.37. The molecule has 2 aliphatic heterocycles. The molecule has 4 aromatic rings. The molecule has 0 saturated carbocycles. The molecule has 4 aromatic heterocycles. The van der Waals surface area contributed by atoms with Crippen molar-refractivity contribution in [3.05, 3.63) is 25.3 Å². The van der Waals surface area contributed by atoms with Gasteiger partial charge in [-0.25, -0.2) is 29.9 Å². The van der Waals surface area contributed by atoms with Gasteiger partial charge in [0.2, 0.25) is 11.8 Å². The molecule has 60 heavy (non-hydrogen) atoms. The average Bonchev–Trinajstić information content (AvgIpc) is 3.95. The van der Waals surface area contributed by atoms with E-state index in [2.05, 4.69) is 40.5 Å². The Labute approximate surface area is 348 Å². The Morgan fingerprint density at radius 3 is 1.42 bits per heavy atom. The molecular weight excluding hydrogens is 781 g/mol. The van der Waals surface area contributed by atoms with Gasteiger partial charge in [-0.15, -0.1) is 0 Å². The minimum Gasteiger partial charge on any atom is -0.387 e. The van der Waals surface area contributed by atoms with Gasteiger partial charge in [0.1, 0.15) is 73.4 Å². The Bertz CT molecular complexity index is 1920. The van der Waals surface area contributed by atoms with Crippen LogP contribution in [0.3, 0.4) is 0 Å². The molecule has 22 nitrogen and oxygen atoms in total. The fourth-order valence-corrected chi connectivity index (χ4v) is 8.06. The number of aliphatic hydroxyl groups is 4. The first kappa shape index (κ1) is 44.9. The van der Waals surface area contributed by atoms with Crippen molar-refractivity contribution in [1.29, 1.82) is 0 Å². The normalized spacial score (nSPS) is 24.7. The zero-order chi connectivity index (χ0) is 43.2. The van der Waals surface area contributed by atoms with Crippen LogP contribution in [0.1, 0.15) is 63.8 Å². The fourth-order valence-electron chi connectivity index (χ4n) is 8.06. The number of amides is 2. The summed E-state index contributed by atoms with van der Waals surface area (Å²) in [5, 5.41) is 49.2. The summed E-state index contributed by atoms with van der Waals surface area (Å²) < 4.78 is 16.3. The van der Waals surface area contributed by atoms with Crippen LogP contribution in [0.2, 0.25) is 0 Å². The van der Waals surface area contributed by atoms with Crippen molar-refractivity contribution < 1.29 is 48.5 Å². The standard InChI is InChI=1S/C38H60N14O8/c1-51(2,17-23-29(55)31(57)37(59-23)49-21-47-27-33(39)43-19-45-35(27)49)15-9-11-25(53)41-13-7-5-6-8-14-42-26(54)12-10-16-52(3,4)18-24-30(56)32(58)38(60-24)50-22-48-28-34(40)44-20-46-36(28)50/h19-24,29-32,37-38,55-58H,5-18H2,1-4H3,(H4-2,39,40,41,42,43,44,45,46,53,54)/p+2/t23-,24-,29-,30-,31-,32-,37-,38-/m1/s1. The lowest BCUT2D eigenvalue weighted by Gasteiger charge is -2.33. The minimum atomic E-state index is -1.19. The highest BCUT2D eigenvalue weighted by molar-refractivity contribution is 5.82. The molecule has 6 heterocycles. The third-order valence-electron chi connectivity index (χ3n) is 11.4. The van der Waals surface area contributed by atoms with Crippen LogP contribution in [-0.2, 0) is 19.1 Å². The number of ether oxygens (including phenoxy) is 2. The molecule has 2 aliphatic rings. The predicted octanol–water partition coefficient (Wildman–Crippen LogP) is -1.42. The van der Waals surface area contributed by atoms with E-state index in [1.807, 2.05) is 28.2 Å². The third kappa shape index (κ3) is 10.8. The van der Waals surface area contributed by atoms with Gasteiger partial charge in [-0.2, -0.15) is 0 Å².